The van der Waals surface area contributed by atoms with Crippen molar-refractivity contribution in [2.45, 2.75) is 6.18 Å². The quantitative estimate of drug-likeness (QED) is 0.584. The Labute approximate surface area is 127 Å². The van der Waals surface area contributed by atoms with Crippen LogP contribution in [0.3, 0.4) is 0 Å². The number of aryl methyl sites for hydroxylation is 1. The minimum atomic E-state index is -4.44. The number of rotatable bonds is 1. The zero-order valence-corrected chi connectivity index (χ0v) is 11.9. The SMILES string of the molecule is Cn1c(-c2cc3cccnc3[nH]2)nc2cc(C(F)(F)F)cnc21. The van der Waals surface area contributed by atoms with Gasteiger partial charge >= 0.3 is 6.18 Å². The van der Waals surface area contributed by atoms with Gasteiger partial charge in [0.15, 0.2) is 11.5 Å². The fraction of sp³-hybridized carbons (Fsp3) is 0.133. The third kappa shape index (κ3) is 2.14. The first-order valence-electron chi connectivity index (χ1n) is 6.77. The molecule has 4 heterocycles. The Morgan fingerprint density at radius 1 is 1.17 bits per heavy atom. The Kier molecular flexibility index (Phi) is 2.72. The Morgan fingerprint density at radius 3 is 2.74 bits per heavy atom. The fourth-order valence-corrected chi connectivity index (χ4v) is 2.55. The van der Waals surface area contributed by atoms with Gasteiger partial charge in [-0.05, 0) is 24.3 Å². The number of hydrogen-bond acceptors (Lipinski definition) is 3. The molecule has 5 nitrogen and oxygen atoms in total. The molecule has 4 rings (SSSR count). The Bertz CT molecular complexity index is 996. The van der Waals surface area contributed by atoms with Crippen molar-refractivity contribution in [2.75, 3.05) is 0 Å². The Morgan fingerprint density at radius 2 is 2.00 bits per heavy atom. The standard InChI is InChI=1S/C15H10F3N5/c1-23-13-11(6-9(7-20-13)15(16,17)18)22-14(23)10-5-8-3-2-4-19-12(8)21-10/h2-7H,1H3,(H,19,21). The van der Waals surface area contributed by atoms with E-state index < -0.39 is 11.7 Å². The van der Waals surface area contributed by atoms with Crippen molar-refractivity contribution < 1.29 is 13.2 Å². The highest BCUT2D eigenvalue weighted by Gasteiger charge is 2.31. The molecule has 116 valence electrons. The molecule has 4 aromatic rings. The molecule has 0 aliphatic heterocycles. The van der Waals surface area contributed by atoms with Crippen LogP contribution in [0.2, 0.25) is 0 Å². The van der Waals surface area contributed by atoms with Crippen molar-refractivity contribution in [1.82, 2.24) is 24.5 Å². The molecule has 0 fully saturated rings. The molecule has 4 aromatic heterocycles. The van der Waals surface area contributed by atoms with Gasteiger partial charge in [0.25, 0.3) is 0 Å². The van der Waals surface area contributed by atoms with E-state index in [4.69, 9.17) is 0 Å². The molecule has 8 heteroatoms. The topological polar surface area (TPSA) is 59.4 Å². The number of H-pyrrole nitrogens is 1. The van der Waals surface area contributed by atoms with Crippen molar-refractivity contribution >= 4 is 22.2 Å². The van der Waals surface area contributed by atoms with Crippen LogP contribution in [0, 0.1) is 0 Å². The summed E-state index contributed by atoms with van der Waals surface area (Å²) in [6.45, 7) is 0. The average Bonchev–Trinajstić information content (AvgIpc) is 3.07. The van der Waals surface area contributed by atoms with Crippen molar-refractivity contribution in [3.8, 4) is 11.5 Å². The molecule has 0 radical (unpaired) electrons. The molecule has 23 heavy (non-hydrogen) atoms. The predicted octanol–water partition coefficient (Wildman–Crippen LogP) is 3.53. The van der Waals surface area contributed by atoms with Crippen LogP contribution < -0.4 is 0 Å². The number of hydrogen-bond donors (Lipinski definition) is 1. The molecule has 0 atom stereocenters. The van der Waals surface area contributed by atoms with Crippen LogP contribution in [0.15, 0.2) is 36.7 Å². The monoisotopic (exact) mass is 317 g/mol. The summed E-state index contributed by atoms with van der Waals surface area (Å²) in [5, 5.41) is 0.901. The summed E-state index contributed by atoms with van der Waals surface area (Å²) in [5.41, 5.74) is 1.14. The lowest BCUT2D eigenvalue weighted by Crippen LogP contribution is -2.05. The van der Waals surface area contributed by atoms with Gasteiger partial charge in [-0.1, -0.05) is 0 Å². The maximum absolute atomic E-state index is 12.8. The van der Waals surface area contributed by atoms with E-state index in [2.05, 4.69) is 19.9 Å². The molecule has 0 spiro atoms. The van der Waals surface area contributed by atoms with E-state index in [9.17, 15) is 13.2 Å². The summed E-state index contributed by atoms with van der Waals surface area (Å²) in [6, 6.07) is 6.57. The number of aromatic amines is 1. The highest BCUT2D eigenvalue weighted by molar-refractivity contribution is 5.84. The van der Waals surface area contributed by atoms with Crippen LogP contribution in [0.4, 0.5) is 13.2 Å². The summed E-state index contributed by atoms with van der Waals surface area (Å²) in [7, 11) is 1.71. The molecular formula is C15H10F3N5. The number of nitrogens with one attached hydrogen (secondary N) is 1. The first-order valence-corrected chi connectivity index (χ1v) is 6.77. The van der Waals surface area contributed by atoms with Crippen molar-refractivity contribution in [2.24, 2.45) is 7.05 Å². The number of alkyl halides is 3. The fourth-order valence-electron chi connectivity index (χ4n) is 2.55. The summed E-state index contributed by atoms with van der Waals surface area (Å²) in [6.07, 6.45) is -1.96. The Hall–Kier alpha value is -2.90. The van der Waals surface area contributed by atoms with E-state index in [0.717, 1.165) is 17.6 Å². The molecule has 0 aliphatic rings. The second-order valence-electron chi connectivity index (χ2n) is 5.18. The second kappa shape index (κ2) is 4.55. The highest BCUT2D eigenvalue weighted by Crippen LogP contribution is 2.31. The molecule has 0 saturated heterocycles. The zero-order chi connectivity index (χ0) is 16.2. The van der Waals surface area contributed by atoms with Gasteiger partial charge in [0.1, 0.15) is 11.2 Å². The van der Waals surface area contributed by atoms with Gasteiger partial charge in [-0.25, -0.2) is 15.0 Å². The maximum Gasteiger partial charge on any atom is 0.417 e. The van der Waals surface area contributed by atoms with Gasteiger partial charge in [-0.3, -0.25) is 0 Å². The molecule has 0 unspecified atom stereocenters. The minimum absolute atomic E-state index is 0.198. The van der Waals surface area contributed by atoms with Gasteiger partial charge in [-0.2, -0.15) is 13.2 Å². The third-order valence-corrected chi connectivity index (χ3v) is 3.67. The van der Waals surface area contributed by atoms with Crippen molar-refractivity contribution in [3.05, 3.63) is 42.2 Å². The summed E-state index contributed by atoms with van der Waals surface area (Å²) >= 11 is 0. The van der Waals surface area contributed by atoms with Gasteiger partial charge in [-0.15, -0.1) is 0 Å². The van der Waals surface area contributed by atoms with Crippen molar-refractivity contribution in [1.29, 1.82) is 0 Å². The molecular weight excluding hydrogens is 307 g/mol. The first-order chi connectivity index (χ1) is 10.9. The molecule has 0 bridgehead atoms. The molecule has 0 amide bonds. The second-order valence-corrected chi connectivity index (χ2v) is 5.18. The van der Waals surface area contributed by atoms with Crippen LogP contribution in [-0.4, -0.2) is 24.5 Å². The molecule has 0 aromatic carbocycles. The van der Waals surface area contributed by atoms with Crippen LogP contribution in [0.25, 0.3) is 33.7 Å². The number of halogens is 3. The third-order valence-electron chi connectivity index (χ3n) is 3.67. The molecule has 1 N–H and O–H groups in total. The van der Waals surface area contributed by atoms with Crippen LogP contribution >= 0.6 is 0 Å². The normalized spacial score (nSPS) is 12.3. The van der Waals surface area contributed by atoms with E-state index >= 15 is 0 Å². The predicted molar refractivity (Wildman–Crippen MR) is 78.6 cm³/mol. The number of nitrogens with zero attached hydrogens (tertiary/aromatic N) is 4. The minimum Gasteiger partial charge on any atom is -0.337 e. The molecule has 0 aliphatic carbocycles. The lowest BCUT2D eigenvalue weighted by molar-refractivity contribution is -0.137. The maximum atomic E-state index is 12.8. The van der Waals surface area contributed by atoms with Gasteiger partial charge in [0.2, 0.25) is 0 Å². The summed E-state index contributed by atoms with van der Waals surface area (Å²) in [5.74, 6) is 0.504. The van der Waals surface area contributed by atoms with Gasteiger partial charge in [0.05, 0.1) is 11.3 Å². The largest absolute Gasteiger partial charge is 0.417 e. The average molecular weight is 317 g/mol. The van der Waals surface area contributed by atoms with E-state index in [1.807, 2.05) is 18.2 Å². The van der Waals surface area contributed by atoms with Gasteiger partial charge in [0, 0.05) is 24.8 Å². The van der Waals surface area contributed by atoms with E-state index in [1.165, 1.54) is 0 Å². The number of aromatic nitrogens is 5. The van der Waals surface area contributed by atoms with Crippen molar-refractivity contribution in [3.63, 3.8) is 0 Å². The number of fused-ring (bicyclic) bond motifs is 2. The lowest BCUT2D eigenvalue weighted by atomic mass is 10.2. The first kappa shape index (κ1) is 13.7. The van der Waals surface area contributed by atoms with E-state index in [-0.39, 0.29) is 5.52 Å². The van der Waals surface area contributed by atoms with E-state index in [1.54, 1.807) is 17.8 Å². The van der Waals surface area contributed by atoms with Gasteiger partial charge < -0.3 is 9.55 Å². The number of imidazole rings is 1. The highest BCUT2D eigenvalue weighted by atomic mass is 19.4. The Balaban J connectivity index is 1.91. The zero-order valence-electron chi connectivity index (χ0n) is 11.9. The van der Waals surface area contributed by atoms with Crippen LogP contribution in [0.5, 0.6) is 0 Å². The molecule has 0 saturated carbocycles. The van der Waals surface area contributed by atoms with Crippen LogP contribution in [0.1, 0.15) is 5.56 Å². The lowest BCUT2D eigenvalue weighted by Gasteiger charge is -2.05. The van der Waals surface area contributed by atoms with E-state index in [0.29, 0.717) is 22.8 Å². The summed E-state index contributed by atoms with van der Waals surface area (Å²) in [4.78, 5) is 15.5. The smallest absolute Gasteiger partial charge is 0.337 e. The number of pyridine rings is 2. The summed E-state index contributed by atoms with van der Waals surface area (Å²) < 4.78 is 40.0. The van der Waals surface area contributed by atoms with Crippen LogP contribution in [-0.2, 0) is 13.2 Å².